The molecule has 2 heterocycles. The van der Waals surface area contributed by atoms with Crippen molar-refractivity contribution in [3.05, 3.63) is 100 Å². The molecule has 4 rings (SSSR count). The van der Waals surface area contributed by atoms with Gasteiger partial charge in [0.25, 0.3) is 5.91 Å². The highest BCUT2D eigenvalue weighted by molar-refractivity contribution is 6.33. The van der Waals surface area contributed by atoms with Crippen LogP contribution in [0.5, 0.6) is 5.75 Å². The molecule has 32 heavy (non-hydrogen) atoms. The minimum absolute atomic E-state index is 0.303. The van der Waals surface area contributed by atoms with Crippen LogP contribution < -0.4 is 10.1 Å². The Kier molecular flexibility index (Phi) is 6.28. The lowest BCUT2D eigenvalue weighted by atomic mass is 10.1. The molecule has 0 saturated heterocycles. The third-order valence-electron chi connectivity index (χ3n) is 5.31. The van der Waals surface area contributed by atoms with Gasteiger partial charge in [0.2, 0.25) is 0 Å². The molecule has 1 N–H and O–H groups in total. The van der Waals surface area contributed by atoms with Crippen LogP contribution in [0.25, 0.3) is 0 Å². The van der Waals surface area contributed by atoms with E-state index in [1.807, 2.05) is 72.4 Å². The lowest BCUT2D eigenvalue weighted by molar-refractivity contribution is 0.0940. The summed E-state index contributed by atoms with van der Waals surface area (Å²) in [4.78, 5) is 17.8. The molecular formula is C24H24ClN5O2. The monoisotopic (exact) mass is 449 g/mol. The van der Waals surface area contributed by atoms with E-state index in [0.717, 1.165) is 16.9 Å². The van der Waals surface area contributed by atoms with E-state index in [1.165, 1.54) is 0 Å². The molecule has 2 aromatic heterocycles. The molecule has 0 saturated carbocycles. The highest BCUT2D eigenvalue weighted by atomic mass is 35.5. The van der Waals surface area contributed by atoms with Gasteiger partial charge in [-0.3, -0.25) is 4.79 Å². The summed E-state index contributed by atoms with van der Waals surface area (Å²) in [5, 5.41) is 7.89. The van der Waals surface area contributed by atoms with Gasteiger partial charge >= 0.3 is 0 Å². The van der Waals surface area contributed by atoms with Crippen LogP contribution in [-0.4, -0.2) is 32.3 Å². The first kappa shape index (κ1) is 21.6. The van der Waals surface area contributed by atoms with E-state index in [0.29, 0.717) is 28.8 Å². The molecule has 0 aliphatic heterocycles. The van der Waals surface area contributed by atoms with Gasteiger partial charge in [-0.2, -0.15) is 5.10 Å². The van der Waals surface area contributed by atoms with Crippen LogP contribution in [0.15, 0.2) is 67.0 Å². The molecule has 8 heteroatoms. The average Bonchev–Trinajstić information content (AvgIpc) is 3.35. The number of hydrogen-bond donors (Lipinski definition) is 1. The average molecular weight is 450 g/mol. The van der Waals surface area contributed by atoms with Gasteiger partial charge in [0.05, 0.1) is 24.9 Å². The summed E-state index contributed by atoms with van der Waals surface area (Å²) < 4.78 is 8.78. The molecule has 164 valence electrons. The SMILES string of the molecule is COc1ccc(C(NC(=O)c2c(C)nn(Cc3ccccc3)c2Cl)c2nccn2C)cc1. The zero-order valence-electron chi connectivity index (χ0n) is 18.1. The number of rotatable bonds is 7. The second kappa shape index (κ2) is 9.28. The maximum Gasteiger partial charge on any atom is 0.257 e. The Balaban J connectivity index is 1.64. The van der Waals surface area contributed by atoms with Gasteiger partial charge in [-0.1, -0.05) is 54.1 Å². The molecule has 0 aliphatic rings. The van der Waals surface area contributed by atoms with Crippen molar-refractivity contribution in [3.8, 4) is 5.75 Å². The molecule has 0 aliphatic carbocycles. The van der Waals surface area contributed by atoms with Crippen molar-refractivity contribution >= 4 is 17.5 Å². The number of nitrogens with zero attached hydrogens (tertiary/aromatic N) is 4. The van der Waals surface area contributed by atoms with E-state index in [1.54, 1.807) is 24.9 Å². The van der Waals surface area contributed by atoms with E-state index < -0.39 is 6.04 Å². The second-order valence-corrected chi connectivity index (χ2v) is 7.83. The predicted octanol–water partition coefficient (Wildman–Crippen LogP) is 4.15. The Labute approximate surface area is 191 Å². The molecule has 2 aromatic carbocycles. The van der Waals surface area contributed by atoms with Crippen LogP contribution in [-0.2, 0) is 13.6 Å². The maximum atomic E-state index is 13.4. The van der Waals surface area contributed by atoms with E-state index in [9.17, 15) is 4.79 Å². The predicted molar refractivity (Wildman–Crippen MR) is 123 cm³/mol. The molecule has 4 aromatic rings. The Hall–Kier alpha value is -3.58. The highest BCUT2D eigenvalue weighted by Gasteiger charge is 2.26. The lowest BCUT2D eigenvalue weighted by Crippen LogP contribution is -2.31. The van der Waals surface area contributed by atoms with Crippen LogP contribution in [0.3, 0.4) is 0 Å². The molecule has 0 spiro atoms. The van der Waals surface area contributed by atoms with Crippen molar-refractivity contribution in [1.82, 2.24) is 24.6 Å². The summed E-state index contributed by atoms with van der Waals surface area (Å²) in [6.07, 6.45) is 3.54. The summed E-state index contributed by atoms with van der Waals surface area (Å²) in [5.41, 5.74) is 2.85. The smallest absolute Gasteiger partial charge is 0.257 e. The van der Waals surface area contributed by atoms with E-state index >= 15 is 0 Å². The summed E-state index contributed by atoms with van der Waals surface area (Å²) in [5.74, 6) is 1.13. The first-order valence-electron chi connectivity index (χ1n) is 10.2. The third kappa shape index (κ3) is 4.38. The fraction of sp³-hybridized carbons (Fsp3) is 0.208. The second-order valence-electron chi connectivity index (χ2n) is 7.47. The van der Waals surface area contributed by atoms with Crippen molar-refractivity contribution in [3.63, 3.8) is 0 Å². The number of nitrogens with one attached hydrogen (secondary N) is 1. The number of halogens is 1. The number of benzene rings is 2. The van der Waals surface area contributed by atoms with Crippen molar-refractivity contribution in [2.24, 2.45) is 7.05 Å². The van der Waals surface area contributed by atoms with Crippen molar-refractivity contribution < 1.29 is 9.53 Å². The van der Waals surface area contributed by atoms with Gasteiger partial charge in [0, 0.05) is 19.4 Å². The summed E-state index contributed by atoms with van der Waals surface area (Å²) in [7, 11) is 3.51. The number of hydrogen-bond acceptors (Lipinski definition) is 4. The molecule has 0 fully saturated rings. The van der Waals surface area contributed by atoms with Crippen molar-refractivity contribution in [2.75, 3.05) is 7.11 Å². The van der Waals surface area contributed by atoms with E-state index in [-0.39, 0.29) is 5.91 Å². The first-order valence-corrected chi connectivity index (χ1v) is 10.5. The third-order valence-corrected chi connectivity index (χ3v) is 5.69. The Morgan fingerprint density at radius 2 is 1.88 bits per heavy atom. The summed E-state index contributed by atoms with van der Waals surface area (Å²) in [6, 6.07) is 16.9. The minimum atomic E-state index is -0.471. The van der Waals surface area contributed by atoms with Crippen LogP contribution >= 0.6 is 11.6 Å². The van der Waals surface area contributed by atoms with Gasteiger partial charge in [0.1, 0.15) is 22.8 Å². The highest BCUT2D eigenvalue weighted by Crippen LogP contribution is 2.26. The summed E-state index contributed by atoms with van der Waals surface area (Å²) >= 11 is 6.60. The number of carbonyl (C=O) groups excluding carboxylic acids is 1. The fourth-order valence-electron chi connectivity index (χ4n) is 3.62. The van der Waals surface area contributed by atoms with Crippen LogP contribution in [0.2, 0.25) is 5.15 Å². The molecular weight excluding hydrogens is 426 g/mol. The maximum absolute atomic E-state index is 13.4. The van der Waals surface area contributed by atoms with E-state index in [2.05, 4.69) is 15.4 Å². The Morgan fingerprint density at radius 1 is 1.16 bits per heavy atom. The zero-order chi connectivity index (χ0) is 22.7. The molecule has 1 unspecified atom stereocenters. The number of methoxy groups -OCH3 is 1. The van der Waals surface area contributed by atoms with Crippen molar-refractivity contribution in [2.45, 2.75) is 19.5 Å². The molecule has 7 nitrogen and oxygen atoms in total. The number of carbonyl (C=O) groups is 1. The number of imidazole rings is 1. The number of aryl methyl sites for hydroxylation is 2. The number of ether oxygens (including phenoxy) is 1. The Bertz CT molecular complexity index is 1220. The van der Waals surface area contributed by atoms with Crippen LogP contribution in [0.1, 0.15) is 39.0 Å². The van der Waals surface area contributed by atoms with Gasteiger partial charge in [-0.05, 0) is 30.2 Å². The zero-order valence-corrected chi connectivity index (χ0v) is 18.9. The van der Waals surface area contributed by atoms with Crippen LogP contribution in [0.4, 0.5) is 0 Å². The fourth-order valence-corrected chi connectivity index (χ4v) is 3.94. The molecule has 1 amide bonds. The molecule has 1 atom stereocenters. The lowest BCUT2D eigenvalue weighted by Gasteiger charge is -2.19. The quantitative estimate of drug-likeness (QED) is 0.460. The summed E-state index contributed by atoms with van der Waals surface area (Å²) in [6.45, 7) is 2.26. The van der Waals surface area contributed by atoms with Crippen molar-refractivity contribution in [1.29, 1.82) is 0 Å². The standard InChI is InChI=1S/C24H24ClN5O2/c1-16-20(22(25)30(28-16)15-17-7-5-4-6-8-17)24(31)27-21(23-26-13-14-29(23)2)18-9-11-19(32-3)12-10-18/h4-14,21H,15H2,1-3H3,(H,27,31). The van der Waals surface area contributed by atoms with Crippen LogP contribution in [0, 0.1) is 6.92 Å². The Morgan fingerprint density at radius 3 is 2.50 bits per heavy atom. The number of amides is 1. The first-order chi connectivity index (χ1) is 15.5. The molecule has 0 bridgehead atoms. The van der Waals surface area contributed by atoms with E-state index in [4.69, 9.17) is 16.3 Å². The topological polar surface area (TPSA) is 74.0 Å². The van der Waals surface area contributed by atoms with Gasteiger partial charge in [-0.15, -0.1) is 0 Å². The minimum Gasteiger partial charge on any atom is -0.497 e. The van der Waals surface area contributed by atoms with Gasteiger partial charge < -0.3 is 14.6 Å². The number of aromatic nitrogens is 4. The van der Waals surface area contributed by atoms with Gasteiger partial charge in [-0.25, -0.2) is 9.67 Å². The molecule has 0 radical (unpaired) electrons. The van der Waals surface area contributed by atoms with Gasteiger partial charge in [0.15, 0.2) is 0 Å². The largest absolute Gasteiger partial charge is 0.497 e. The normalized spacial score (nSPS) is 11.9.